The fourth-order valence-electron chi connectivity index (χ4n) is 17.0. The van der Waals surface area contributed by atoms with Crippen LogP contribution in [0, 0.1) is 46.8 Å². The van der Waals surface area contributed by atoms with Crippen LogP contribution in [0.1, 0.15) is 229 Å². The Labute approximate surface area is 475 Å². The van der Waals surface area contributed by atoms with E-state index >= 15 is 0 Å². The fourth-order valence-corrected chi connectivity index (χ4v) is 17.0. The number of aromatic nitrogens is 4. The molecule has 2 aliphatic heterocycles. The van der Waals surface area contributed by atoms with Crippen LogP contribution < -0.4 is 10.6 Å². The lowest BCUT2D eigenvalue weighted by molar-refractivity contribution is -0.139. The zero-order valence-electron chi connectivity index (χ0n) is 49.5. The van der Waals surface area contributed by atoms with Crippen molar-refractivity contribution in [2.24, 2.45) is 46.8 Å². The van der Waals surface area contributed by atoms with E-state index in [4.69, 9.17) is 19.4 Å². The van der Waals surface area contributed by atoms with Gasteiger partial charge in [0.05, 0.1) is 48.4 Å². The zero-order valence-corrected chi connectivity index (χ0v) is 49.5. The highest BCUT2D eigenvalue weighted by atomic mass is 16.5. The lowest BCUT2D eigenvalue weighted by Gasteiger charge is -2.43. The van der Waals surface area contributed by atoms with E-state index in [9.17, 15) is 19.2 Å². The van der Waals surface area contributed by atoms with E-state index in [1.807, 2.05) is 27.7 Å². The van der Waals surface area contributed by atoms with Gasteiger partial charge in [0, 0.05) is 18.0 Å². The number of likely N-dealkylation sites (tertiary alicyclic amines) is 2. The van der Waals surface area contributed by atoms with Gasteiger partial charge in [-0.05, 0) is 172 Å². The second-order valence-corrected chi connectivity index (χ2v) is 27.2. The molecule has 14 atom stereocenters. The molecule has 80 heavy (non-hydrogen) atoms. The van der Waals surface area contributed by atoms with Gasteiger partial charge in [0.15, 0.2) is 0 Å². The number of methoxy groups -OCH3 is 2. The number of nitrogens with zero attached hydrogens (tertiary/aromatic N) is 4. The van der Waals surface area contributed by atoms with Gasteiger partial charge >= 0.3 is 12.2 Å². The highest BCUT2D eigenvalue weighted by Crippen LogP contribution is 2.54. The van der Waals surface area contributed by atoms with Crippen molar-refractivity contribution in [2.45, 2.75) is 231 Å². The van der Waals surface area contributed by atoms with Crippen LogP contribution in [0.25, 0.3) is 22.1 Å². The van der Waals surface area contributed by atoms with Crippen LogP contribution in [0.3, 0.4) is 0 Å². The van der Waals surface area contributed by atoms with Gasteiger partial charge in [0.1, 0.15) is 23.7 Å². The number of hydrogen-bond acceptors (Lipinski definition) is 8. The third-order valence-electron chi connectivity index (χ3n) is 21.7. The van der Waals surface area contributed by atoms with Crippen LogP contribution in [0.4, 0.5) is 9.59 Å². The maximum absolute atomic E-state index is 14.7. The minimum Gasteiger partial charge on any atom is -0.453 e. The van der Waals surface area contributed by atoms with Gasteiger partial charge in [-0.3, -0.25) is 9.59 Å². The van der Waals surface area contributed by atoms with Gasteiger partial charge < -0.3 is 39.9 Å². The minimum atomic E-state index is -0.682. The summed E-state index contributed by atoms with van der Waals surface area (Å²) in [7, 11) is 2.71. The van der Waals surface area contributed by atoms with Crippen molar-refractivity contribution in [3.8, 4) is 0 Å². The van der Waals surface area contributed by atoms with Gasteiger partial charge in [-0.25, -0.2) is 19.6 Å². The lowest BCUT2D eigenvalue weighted by Crippen LogP contribution is -2.53. The molecule has 6 aliphatic carbocycles. The molecule has 2 aromatic heterocycles. The Morgan fingerprint density at radius 3 is 1.69 bits per heavy atom. The molecule has 0 spiro atoms. The van der Waals surface area contributed by atoms with Crippen LogP contribution >= 0.6 is 0 Å². The van der Waals surface area contributed by atoms with E-state index in [0.717, 1.165) is 97.9 Å². The average Bonchev–Trinajstić information content (AvgIpc) is 4.24. The van der Waals surface area contributed by atoms with E-state index < -0.39 is 24.3 Å². The van der Waals surface area contributed by atoms with Gasteiger partial charge in [0.25, 0.3) is 0 Å². The number of fused-ring (bicyclic) bond motifs is 9. The first-order valence-corrected chi connectivity index (χ1v) is 31.6. The third-order valence-corrected chi connectivity index (χ3v) is 21.7. The molecule has 4 heterocycles. The van der Waals surface area contributed by atoms with Gasteiger partial charge in [-0.15, -0.1) is 0 Å². The van der Waals surface area contributed by atoms with Crippen molar-refractivity contribution in [1.29, 1.82) is 0 Å². The molecule has 8 aliphatic rings. The standard InChI is InChI=1S/C66H94N8O6/c1-38(2)58(71-64(77)79-7)62(75)73-54-22-13-9-11-18-46(54)35-56(73)60-67-50-28-26-44(33-52(50)69-60)48-32-41-17-15-20-42(48)21-16-30-66(6)37-49(43(25-24-41)31-40(66)5)45-27-29-51-53(34-45)70-61(68-51)57-36-47-19-12-10-14-23-55(47)74(57)63(76)59(39(3)4)72-65(78)80-8/h26-29,31,33-34,38-42,46-49,54-59H,9-25,30,32,35-37H2,1-8H3,(H,67,69)(H,68,70)(H,71,77)(H,72,78). The number of nitrogens with one attached hydrogen (secondary N) is 4. The molecule has 14 unspecified atom stereocenters. The van der Waals surface area contributed by atoms with Gasteiger partial charge in [-0.1, -0.05) is 123 Å². The van der Waals surface area contributed by atoms with Crippen molar-refractivity contribution in [3.63, 3.8) is 0 Å². The second-order valence-electron chi connectivity index (χ2n) is 27.2. The molecular formula is C66H94N8O6. The first-order valence-electron chi connectivity index (χ1n) is 31.6. The quantitative estimate of drug-likeness (QED) is 0.114. The lowest BCUT2D eigenvalue weighted by atomic mass is 9.61. The normalized spacial score (nSPS) is 31.9. The summed E-state index contributed by atoms with van der Waals surface area (Å²) >= 11 is 0. The zero-order chi connectivity index (χ0) is 56.0. The summed E-state index contributed by atoms with van der Waals surface area (Å²) in [5.41, 5.74) is 8.54. The molecule has 12 rings (SSSR count). The number of amides is 4. The van der Waals surface area contributed by atoms with Crippen molar-refractivity contribution >= 4 is 46.1 Å². The first-order chi connectivity index (χ1) is 38.6. The molecule has 4 saturated carbocycles. The van der Waals surface area contributed by atoms with Crippen LogP contribution in [-0.2, 0) is 19.1 Å². The second kappa shape index (κ2) is 23.8. The summed E-state index contributed by atoms with van der Waals surface area (Å²) < 4.78 is 9.99. The van der Waals surface area contributed by atoms with E-state index in [2.05, 4.69) is 86.7 Å². The highest BCUT2D eigenvalue weighted by Gasteiger charge is 2.50. The van der Waals surface area contributed by atoms with E-state index in [1.54, 1.807) is 5.57 Å². The first kappa shape index (κ1) is 56.5. The Bertz CT molecular complexity index is 2910. The van der Waals surface area contributed by atoms with Crippen LogP contribution in [0.2, 0.25) is 0 Å². The van der Waals surface area contributed by atoms with Crippen molar-refractivity contribution in [1.82, 2.24) is 40.4 Å². The van der Waals surface area contributed by atoms with Crippen LogP contribution in [0.15, 0.2) is 48.0 Å². The maximum atomic E-state index is 14.7. The van der Waals surface area contributed by atoms with E-state index in [1.165, 1.54) is 102 Å². The Balaban J connectivity index is 0.844. The third kappa shape index (κ3) is 11.3. The smallest absolute Gasteiger partial charge is 0.407 e. The molecule has 4 amide bonds. The molecule has 14 nitrogen and oxygen atoms in total. The van der Waals surface area contributed by atoms with Crippen molar-refractivity contribution in [2.75, 3.05) is 14.2 Å². The summed E-state index contributed by atoms with van der Waals surface area (Å²) in [5.74, 6) is 4.80. The Kier molecular flexibility index (Phi) is 16.8. The minimum absolute atomic E-state index is 0.0308. The Hall–Kier alpha value is -5.40. The molecule has 4 bridgehead atoms. The van der Waals surface area contributed by atoms with Gasteiger partial charge in [0.2, 0.25) is 11.8 Å². The summed E-state index contributed by atoms with van der Waals surface area (Å²) in [5, 5.41) is 5.78. The molecule has 2 saturated heterocycles. The Morgan fingerprint density at radius 2 is 1.14 bits per heavy atom. The fraction of sp³-hybridized carbons (Fsp3) is 0.697. The molecule has 14 heteroatoms. The molecular weight excluding hydrogens is 1000 g/mol. The van der Waals surface area contributed by atoms with Crippen molar-refractivity contribution in [3.05, 3.63) is 70.8 Å². The molecule has 0 radical (unpaired) electrons. The van der Waals surface area contributed by atoms with Gasteiger partial charge in [-0.2, -0.15) is 0 Å². The molecule has 4 aromatic rings. The summed E-state index contributed by atoms with van der Waals surface area (Å²) in [6.07, 6.45) is 26.5. The molecule has 434 valence electrons. The monoisotopic (exact) mass is 1090 g/mol. The predicted octanol–water partition coefficient (Wildman–Crippen LogP) is 14.3. The topological polar surface area (TPSA) is 175 Å². The molecule has 4 N–H and O–H groups in total. The predicted molar refractivity (Wildman–Crippen MR) is 314 cm³/mol. The summed E-state index contributed by atoms with van der Waals surface area (Å²) in [6.45, 7) is 13.0. The average molecular weight is 1100 g/mol. The SMILES string of the molecule is COC(=O)NC(C(=O)N1C(c2nc3ccc(C4CC5(C)CCCC6CCCC(CCC4=CC5C)CC6c4ccc5nc(C6CC7CCCCCC7N6C(=O)C(NC(=O)OC)C(C)C)[nH]c5c4)cc3[nH]2)CC2CCCCCC21)C(C)C. The summed E-state index contributed by atoms with van der Waals surface area (Å²) in [6, 6.07) is 12.5. The van der Waals surface area contributed by atoms with Crippen molar-refractivity contribution < 1.29 is 28.7 Å². The largest absolute Gasteiger partial charge is 0.453 e. The number of allylic oxidation sites excluding steroid dienone is 2. The van der Waals surface area contributed by atoms with Crippen LogP contribution in [0.5, 0.6) is 0 Å². The number of imidazole rings is 2. The number of benzene rings is 2. The number of alkyl carbamates (subject to hydrolysis) is 2. The maximum Gasteiger partial charge on any atom is 0.407 e. The molecule has 2 aromatic carbocycles. The number of H-pyrrole nitrogens is 2. The Morgan fingerprint density at radius 1 is 0.625 bits per heavy atom. The van der Waals surface area contributed by atoms with Crippen LogP contribution in [-0.4, -0.2) is 92.1 Å². The number of hydrogen-bond donors (Lipinski definition) is 4. The number of rotatable bonds is 10. The van der Waals surface area contributed by atoms with E-state index in [-0.39, 0.29) is 53.2 Å². The van der Waals surface area contributed by atoms with E-state index in [0.29, 0.717) is 41.4 Å². The molecule has 6 fully saturated rings. The summed E-state index contributed by atoms with van der Waals surface area (Å²) in [4.78, 5) is 77.0. The highest BCUT2D eigenvalue weighted by molar-refractivity contribution is 5.88. The number of carbonyl (C=O) groups excluding carboxylic acids is 4. The number of aromatic amines is 2. The number of carbonyl (C=O) groups is 4. The number of ether oxygens (including phenoxy) is 2.